The number of halogens is 10. The first-order valence-electron chi connectivity index (χ1n) is 7.68. The summed E-state index contributed by atoms with van der Waals surface area (Å²) in [4.78, 5) is 21.2. The van der Waals surface area contributed by atoms with E-state index in [-0.39, 0.29) is 6.42 Å². The molecule has 0 fully saturated rings. The van der Waals surface area contributed by atoms with E-state index in [9.17, 15) is 53.5 Å². The number of carbonyl (C=O) groups is 2. The minimum atomic E-state index is -7.70. The summed E-state index contributed by atoms with van der Waals surface area (Å²) in [6.45, 7) is 5.11. The van der Waals surface area contributed by atoms with Crippen LogP contribution in [0.1, 0.15) is 12.8 Å². The highest BCUT2D eigenvalue weighted by molar-refractivity contribution is 5.80. The molecule has 0 amide bonds. The lowest BCUT2D eigenvalue weighted by atomic mass is 9.94. The van der Waals surface area contributed by atoms with Crippen molar-refractivity contribution >= 4 is 11.9 Å². The average Bonchev–Trinajstić information content (AvgIpc) is 2.64. The molecule has 0 radical (unpaired) electrons. The first kappa shape index (κ1) is 28.3. The molecule has 0 spiro atoms. The van der Waals surface area contributed by atoms with Gasteiger partial charge in [-0.2, -0.15) is 43.9 Å². The van der Waals surface area contributed by atoms with Gasteiger partial charge < -0.3 is 19.3 Å². The van der Waals surface area contributed by atoms with Crippen LogP contribution < -0.4 is 0 Å². The van der Waals surface area contributed by atoms with Gasteiger partial charge in [0.15, 0.2) is 0 Å². The average molecular weight is 480 g/mol. The van der Waals surface area contributed by atoms with Crippen LogP contribution in [0.2, 0.25) is 0 Å². The fourth-order valence-corrected chi connectivity index (χ4v) is 1.74. The first-order chi connectivity index (χ1) is 13.9. The minimum Gasteiger partial charge on any atom is -0.477 e. The fourth-order valence-electron chi connectivity index (χ4n) is 1.74. The van der Waals surface area contributed by atoms with Crippen molar-refractivity contribution in [3.8, 4) is 0 Å². The highest BCUT2D eigenvalue weighted by Crippen LogP contribution is 2.57. The molecule has 0 aliphatic rings. The normalized spacial score (nSPS) is 13.5. The summed E-state index contributed by atoms with van der Waals surface area (Å²) in [5, 5.41) is 7.86. The lowest BCUT2D eigenvalue weighted by Crippen LogP contribution is -2.70. The highest BCUT2D eigenvalue weighted by Gasteiger charge is 2.89. The number of carboxylic acids is 1. The number of aliphatic carboxylic acids is 1. The maximum absolute atomic E-state index is 13.5. The van der Waals surface area contributed by atoms with Gasteiger partial charge in [-0.25, -0.2) is 9.59 Å². The number of esters is 1. The monoisotopic (exact) mass is 480 g/mol. The first-order valence-corrected chi connectivity index (χ1v) is 7.68. The lowest BCUT2D eigenvalue weighted by Gasteiger charge is -2.37. The molecule has 1 N–H and O–H groups in total. The third-order valence-corrected chi connectivity index (χ3v) is 3.42. The molecule has 0 rings (SSSR count). The third-order valence-electron chi connectivity index (χ3n) is 3.42. The molecule has 31 heavy (non-hydrogen) atoms. The van der Waals surface area contributed by atoms with Crippen molar-refractivity contribution in [2.75, 3.05) is 6.61 Å². The molecule has 0 aliphatic heterocycles. The van der Waals surface area contributed by atoms with Gasteiger partial charge in [0.2, 0.25) is 6.29 Å². The summed E-state index contributed by atoms with van der Waals surface area (Å²) in [7, 11) is 0. The summed E-state index contributed by atoms with van der Waals surface area (Å²) in [5.41, 5.74) is 0. The summed E-state index contributed by atoms with van der Waals surface area (Å²) < 4.78 is 146. The van der Waals surface area contributed by atoms with Crippen LogP contribution in [0, 0.1) is 0 Å². The van der Waals surface area contributed by atoms with Crippen molar-refractivity contribution in [3.05, 3.63) is 25.7 Å². The minimum absolute atomic E-state index is 0.285. The Kier molecular flexibility index (Phi) is 8.80. The van der Waals surface area contributed by atoms with E-state index in [0.717, 1.165) is 12.5 Å². The number of hydrogen-bond donors (Lipinski definition) is 1. The van der Waals surface area contributed by atoms with Crippen LogP contribution in [0.25, 0.3) is 0 Å². The molecule has 0 saturated carbocycles. The van der Waals surface area contributed by atoms with Crippen LogP contribution in [-0.4, -0.2) is 59.6 Å². The van der Waals surface area contributed by atoms with E-state index in [1.807, 2.05) is 0 Å². The Labute approximate surface area is 167 Å². The van der Waals surface area contributed by atoms with E-state index in [1.54, 1.807) is 0 Å². The van der Waals surface area contributed by atoms with Crippen molar-refractivity contribution in [2.24, 2.45) is 0 Å². The zero-order valence-corrected chi connectivity index (χ0v) is 15.0. The Bertz CT molecular complexity index is 669. The molecule has 0 unspecified atom stereocenters. The number of carboxylic acid groups (broad SMARTS) is 1. The maximum Gasteiger partial charge on any atom is 0.410 e. The molecule has 0 saturated heterocycles. The summed E-state index contributed by atoms with van der Waals surface area (Å²) in [6.07, 6.45) is -0.194. The highest BCUT2D eigenvalue weighted by atomic mass is 19.4. The zero-order valence-electron chi connectivity index (χ0n) is 15.0. The molecule has 0 atom stereocenters. The lowest BCUT2D eigenvalue weighted by molar-refractivity contribution is -0.391. The van der Waals surface area contributed by atoms with Gasteiger partial charge in [0.1, 0.15) is 0 Å². The Balaban J connectivity index is 5.49. The Morgan fingerprint density at radius 2 is 1.23 bits per heavy atom. The van der Waals surface area contributed by atoms with Gasteiger partial charge in [-0.15, -0.1) is 0 Å². The summed E-state index contributed by atoms with van der Waals surface area (Å²) in [6, 6.07) is 0. The van der Waals surface area contributed by atoms with Gasteiger partial charge in [-0.05, 0) is 6.42 Å². The van der Waals surface area contributed by atoms with E-state index < -0.39 is 60.9 Å². The van der Waals surface area contributed by atoms with E-state index in [0.29, 0.717) is 0 Å². The van der Waals surface area contributed by atoms with Crippen LogP contribution >= 0.6 is 0 Å². The van der Waals surface area contributed by atoms with Crippen molar-refractivity contribution in [1.82, 2.24) is 0 Å². The number of hydrogen-bond acceptors (Lipinski definition) is 5. The number of carbonyl (C=O) groups excluding carboxylic acids is 1. The Hall–Kier alpha value is -2.68. The van der Waals surface area contributed by atoms with Gasteiger partial charge >= 0.3 is 41.6 Å². The van der Waals surface area contributed by atoms with Crippen LogP contribution in [-0.2, 0) is 23.8 Å². The summed E-state index contributed by atoms with van der Waals surface area (Å²) >= 11 is 0. The van der Waals surface area contributed by atoms with E-state index in [1.165, 1.54) is 0 Å². The van der Waals surface area contributed by atoms with Crippen molar-refractivity contribution < 1.29 is 72.8 Å². The zero-order chi connectivity index (χ0) is 24.9. The molecule has 0 heterocycles. The number of alkyl halides is 10. The molecule has 0 bridgehead atoms. The molecule has 180 valence electrons. The second-order valence-corrected chi connectivity index (χ2v) is 5.49. The van der Waals surface area contributed by atoms with Gasteiger partial charge in [0.05, 0.1) is 19.1 Å². The van der Waals surface area contributed by atoms with Crippen molar-refractivity contribution in [2.45, 2.75) is 48.7 Å². The second kappa shape index (κ2) is 9.64. The molecule has 0 aromatic carbocycles. The second-order valence-electron chi connectivity index (χ2n) is 5.49. The van der Waals surface area contributed by atoms with Gasteiger partial charge in [0, 0.05) is 6.42 Å². The van der Waals surface area contributed by atoms with Crippen LogP contribution in [0.3, 0.4) is 0 Å². The predicted octanol–water partition coefficient (Wildman–Crippen LogP) is 4.22. The molecule has 0 aromatic rings. The molecular formula is C15H14F10O6. The smallest absolute Gasteiger partial charge is 0.410 e. The Morgan fingerprint density at radius 3 is 1.61 bits per heavy atom. The molecule has 6 nitrogen and oxygen atoms in total. The van der Waals surface area contributed by atoms with Gasteiger partial charge in [-0.1, -0.05) is 13.2 Å². The van der Waals surface area contributed by atoms with Crippen molar-refractivity contribution in [1.29, 1.82) is 0 Å². The largest absolute Gasteiger partial charge is 0.477 e. The van der Waals surface area contributed by atoms with Gasteiger partial charge in [0.25, 0.3) is 0 Å². The molecule has 16 heteroatoms. The SMILES string of the molecule is C=COC(CCCOC(=O)C(F)(F)C(F)(F)C(F)(F)C(F)(F)C(F)(F)C(=O)O)OC=C. The van der Waals surface area contributed by atoms with E-state index in [4.69, 9.17) is 14.6 Å². The topological polar surface area (TPSA) is 82.1 Å². The third kappa shape index (κ3) is 5.15. The number of ether oxygens (including phenoxy) is 3. The van der Waals surface area contributed by atoms with Crippen LogP contribution in [0.4, 0.5) is 43.9 Å². The van der Waals surface area contributed by atoms with Crippen LogP contribution in [0.15, 0.2) is 25.7 Å². The predicted molar refractivity (Wildman–Crippen MR) is 78.9 cm³/mol. The molecule has 0 aromatic heterocycles. The van der Waals surface area contributed by atoms with E-state index in [2.05, 4.69) is 17.9 Å². The number of rotatable bonds is 14. The molecular weight excluding hydrogens is 466 g/mol. The maximum atomic E-state index is 13.5. The Morgan fingerprint density at radius 1 is 0.806 bits per heavy atom. The quantitative estimate of drug-likeness (QED) is 0.132. The standard InChI is InChI=1S/C15H14F10O6/c1-3-29-8(30-4-2)6-5-7-31-10(28)12(18,19)14(22,23)15(24,25)13(20,21)11(16,17)9(26)27/h3-4,8H,1-2,5-7H2,(H,26,27). The summed E-state index contributed by atoms with van der Waals surface area (Å²) in [5.74, 6) is -43.8. The fraction of sp³-hybridized carbons (Fsp3) is 0.600. The van der Waals surface area contributed by atoms with Gasteiger partial charge in [-0.3, -0.25) is 0 Å². The van der Waals surface area contributed by atoms with Crippen LogP contribution in [0.5, 0.6) is 0 Å². The molecule has 0 aliphatic carbocycles. The van der Waals surface area contributed by atoms with Crippen molar-refractivity contribution in [3.63, 3.8) is 0 Å². The van der Waals surface area contributed by atoms with E-state index >= 15 is 0 Å².